The third-order valence-electron chi connectivity index (χ3n) is 8.31. The summed E-state index contributed by atoms with van der Waals surface area (Å²) >= 11 is 0. The van der Waals surface area contributed by atoms with Crippen LogP contribution in [0.5, 0.6) is 0 Å². The first-order valence-corrected chi connectivity index (χ1v) is 13.8. The van der Waals surface area contributed by atoms with Gasteiger partial charge in [-0.1, -0.05) is 42.5 Å². The summed E-state index contributed by atoms with van der Waals surface area (Å²) in [5, 5.41) is 7.32. The molecule has 0 N–H and O–H groups in total. The molecule has 0 spiro atoms. The zero-order valence-corrected chi connectivity index (χ0v) is 21.9. The van der Waals surface area contributed by atoms with E-state index in [1.54, 1.807) is 0 Å². The monoisotopic (exact) mass is 500 g/mol. The molecule has 2 aliphatic heterocycles. The number of hydrogen-bond acceptors (Lipinski definition) is 4. The first-order valence-electron chi connectivity index (χ1n) is 13.8. The van der Waals surface area contributed by atoms with E-state index in [9.17, 15) is 9.59 Å². The highest BCUT2D eigenvalue weighted by Gasteiger charge is 2.33. The van der Waals surface area contributed by atoms with Gasteiger partial charge in [-0.05, 0) is 68.2 Å². The lowest BCUT2D eigenvalue weighted by molar-refractivity contribution is -0.133. The van der Waals surface area contributed by atoms with Crippen LogP contribution in [0.1, 0.15) is 66.3 Å². The number of rotatable bonds is 4. The fourth-order valence-electron chi connectivity index (χ4n) is 6.58. The minimum atomic E-state index is -0.0257. The number of carbonyl (C=O) groups is 2. The maximum absolute atomic E-state index is 13.4. The van der Waals surface area contributed by atoms with Gasteiger partial charge in [0, 0.05) is 37.4 Å². The van der Waals surface area contributed by atoms with Gasteiger partial charge in [-0.3, -0.25) is 14.3 Å². The normalized spacial score (nSPS) is 22.4. The topological polar surface area (TPSA) is 67.7 Å². The molecule has 7 heteroatoms. The van der Waals surface area contributed by atoms with Crippen molar-refractivity contribution >= 4 is 22.6 Å². The van der Waals surface area contributed by atoms with Crippen LogP contribution in [0.3, 0.4) is 0 Å². The smallest absolute Gasteiger partial charge is 0.274 e. The predicted molar refractivity (Wildman–Crippen MR) is 143 cm³/mol. The van der Waals surface area contributed by atoms with Crippen molar-refractivity contribution in [1.29, 1.82) is 0 Å². The van der Waals surface area contributed by atoms with Crippen molar-refractivity contribution in [1.82, 2.24) is 19.6 Å². The lowest BCUT2D eigenvalue weighted by Gasteiger charge is -2.35. The maximum atomic E-state index is 13.4. The number of piperidine rings is 1. The summed E-state index contributed by atoms with van der Waals surface area (Å²) in [4.78, 5) is 30.6. The van der Waals surface area contributed by atoms with E-state index >= 15 is 0 Å². The van der Waals surface area contributed by atoms with Crippen LogP contribution >= 0.6 is 0 Å². The van der Waals surface area contributed by atoms with Crippen molar-refractivity contribution in [3.63, 3.8) is 0 Å². The lowest BCUT2D eigenvalue weighted by atomic mass is 9.86. The Hall–Kier alpha value is -3.19. The summed E-state index contributed by atoms with van der Waals surface area (Å²) in [5.41, 5.74) is 4.04. The molecule has 0 saturated carbocycles. The highest BCUT2D eigenvalue weighted by atomic mass is 16.5. The Morgan fingerprint density at radius 2 is 1.68 bits per heavy atom. The summed E-state index contributed by atoms with van der Waals surface area (Å²) < 4.78 is 7.63. The van der Waals surface area contributed by atoms with E-state index in [1.807, 2.05) is 28.3 Å². The average molecular weight is 501 g/mol. The third kappa shape index (κ3) is 4.65. The molecule has 6 rings (SSSR count). The molecule has 0 radical (unpaired) electrons. The lowest BCUT2D eigenvalue weighted by Crippen LogP contribution is -2.48. The maximum Gasteiger partial charge on any atom is 0.274 e. The third-order valence-corrected chi connectivity index (χ3v) is 8.31. The van der Waals surface area contributed by atoms with E-state index < -0.39 is 0 Å². The Balaban J connectivity index is 1.14. The SMILES string of the molecule is C[C@@H]1CN(C(=O)c2nn(CC(=O)N3CCC(c4cccc5ccccc45)CC3)c3c2CCC3)C[C@H](C)O1. The van der Waals surface area contributed by atoms with Crippen molar-refractivity contribution < 1.29 is 14.3 Å². The van der Waals surface area contributed by atoms with E-state index in [-0.39, 0.29) is 30.6 Å². The molecule has 2 aromatic carbocycles. The molecule has 0 bridgehead atoms. The molecule has 37 heavy (non-hydrogen) atoms. The predicted octanol–water partition coefficient (Wildman–Crippen LogP) is 4.18. The second kappa shape index (κ2) is 9.93. The van der Waals surface area contributed by atoms with E-state index in [2.05, 4.69) is 42.5 Å². The van der Waals surface area contributed by atoms with Crippen molar-refractivity contribution in [2.24, 2.45) is 0 Å². The molecule has 1 aromatic heterocycles. The number of likely N-dealkylation sites (tertiary alicyclic amines) is 1. The van der Waals surface area contributed by atoms with Gasteiger partial charge in [0.1, 0.15) is 6.54 Å². The van der Waals surface area contributed by atoms with E-state index in [4.69, 9.17) is 9.84 Å². The van der Waals surface area contributed by atoms with Gasteiger partial charge in [-0.2, -0.15) is 5.10 Å². The Kier molecular flexibility index (Phi) is 6.49. The van der Waals surface area contributed by atoms with E-state index in [1.165, 1.54) is 16.3 Å². The van der Waals surface area contributed by atoms with Gasteiger partial charge in [0.05, 0.1) is 12.2 Å². The Morgan fingerprint density at radius 3 is 2.46 bits per heavy atom. The Bertz CT molecular complexity index is 1310. The van der Waals surface area contributed by atoms with Crippen LogP contribution in [-0.2, 0) is 28.9 Å². The molecule has 3 aliphatic rings. The molecule has 3 aromatic rings. The molecule has 2 atom stereocenters. The number of hydrogen-bond donors (Lipinski definition) is 0. The van der Waals surface area contributed by atoms with Gasteiger partial charge in [-0.15, -0.1) is 0 Å². The number of nitrogens with zero attached hydrogens (tertiary/aromatic N) is 4. The first-order chi connectivity index (χ1) is 18.0. The van der Waals surface area contributed by atoms with Gasteiger partial charge in [0.15, 0.2) is 5.69 Å². The fourth-order valence-corrected chi connectivity index (χ4v) is 6.58. The second-order valence-corrected chi connectivity index (χ2v) is 11.0. The molecular formula is C30H36N4O3. The van der Waals surface area contributed by atoms with Gasteiger partial charge < -0.3 is 14.5 Å². The number of morpholine rings is 1. The molecule has 1 aliphatic carbocycles. The molecular weight excluding hydrogens is 464 g/mol. The quantitative estimate of drug-likeness (QED) is 0.539. The molecule has 7 nitrogen and oxygen atoms in total. The number of fused-ring (bicyclic) bond motifs is 2. The zero-order valence-electron chi connectivity index (χ0n) is 21.9. The Morgan fingerprint density at radius 1 is 0.946 bits per heavy atom. The number of benzene rings is 2. The average Bonchev–Trinajstić information content (AvgIpc) is 3.51. The van der Waals surface area contributed by atoms with Crippen LogP contribution in [0.2, 0.25) is 0 Å². The molecule has 2 fully saturated rings. The van der Waals surface area contributed by atoms with Gasteiger partial charge in [0.25, 0.3) is 5.91 Å². The number of ether oxygens (including phenoxy) is 1. The van der Waals surface area contributed by atoms with Crippen LogP contribution in [0.15, 0.2) is 42.5 Å². The van der Waals surface area contributed by atoms with Gasteiger partial charge >= 0.3 is 0 Å². The largest absolute Gasteiger partial charge is 0.372 e. The minimum absolute atomic E-state index is 0.0150. The summed E-state index contributed by atoms with van der Waals surface area (Å²) in [6, 6.07) is 15.1. The standard InChI is InChI=1S/C30H36N4O3/c1-20-17-33(18-21(2)37-20)30(36)29-26-11-6-12-27(26)34(31-29)19-28(35)32-15-13-23(14-16-32)25-10-5-8-22-7-3-4-9-24(22)25/h3-5,7-10,20-21,23H,6,11-19H2,1-2H3/t20-,21+. The van der Waals surface area contributed by atoms with Crippen LogP contribution in [0, 0.1) is 0 Å². The minimum Gasteiger partial charge on any atom is -0.372 e. The number of aromatic nitrogens is 2. The highest BCUT2D eigenvalue weighted by molar-refractivity contribution is 5.94. The molecule has 194 valence electrons. The molecule has 2 amide bonds. The summed E-state index contributed by atoms with van der Waals surface area (Å²) in [6.45, 7) is 6.88. The van der Waals surface area contributed by atoms with Crippen molar-refractivity contribution in [3.05, 3.63) is 65.0 Å². The second-order valence-electron chi connectivity index (χ2n) is 11.0. The zero-order chi connectivity index (χ0) is 25.5. The van der Waals surface area contributed by atoms with Crippen molar-refractivity contribution in [2.75, 3.05) is 26.2 Å². The van der Waals surface area contributed by atoms with Crippen LogP contribution in [0.4, 0.5) is 0 Å². The first kappa shape index (κ1) is 24.2. The van der Waals surface area contributed by atoms with Crippen molar-refractivity contribution in [2.45, 2.75) is 70.6 Å². The van der Waals surface area contributed by atoms with Crippen LogP contribution in [-0.4, -0.2) is 69.8 Å². The van der Waals surface area contributed by atoms with Crippen LogP contribution in [0.25, 0.3) is 10.8 Å². The molecule has 2 saturated heterocycles. The number of amides is 2. The summed E-state index contributed by atoms with van der Waals surface area (Å²) in [6.07, 6.45) is 4.71. The molecule has 3 heterocycles. The summed E-state index contributed by atoms with van der Waals surface area (Å²) in [7, 11) is 0. The Labute approximate surface area is 218 Å². The van der Waals surface area contributed by atoms with Crippen LogP contribution < -0.4 is 0 Å². The van der Waals surface area contributed by atoms with Gasteiger partial charge in [-0.25, -0.2) is 0 Å². The van der Waals surface area contributed by atoms with E-state index in [0.29, 0.717) is 24.7 Å². The van der Waals surface area contributed by atoms with Crippen molar-refractivity contribution in [3.8, 4) is 0 Å². The molecule has 0 unspecified atom stereocenters. The van der Waals surface area contributed by atoms with E-state index in [0.717, 1.165) is 56.5 Å². The van der Waals surface area contributed by atoms with Gasteiger partial charge in [0.2, 0.25) is 5.91 Å². The summed E-state index contributed by atoms with van der Waals surface area (Å²) in [5.74, 6) is 0.537. The number of carbonyl (C=O) groups excluding carboxylic acids is 2. The highest BCUT2D eigenvalue weighted by Crippen LogP contribution is 2.33. The fraction of sp³-hybridized carbons (Fsp3) is 0.500.